The number of amides is 3. The van der Waals surface area contributed by atoms with E-state index >= 15 is 0 Å². The summed E-state index contributed by atoms with van der Waals surface area (Å²) in [5, 5.41) is 22.0. The quantitative estimate of drug-likeness (QED) is 0.0469. The topological polar surface area (TPSA) is 159 Å². The zero-order valence-corrected chi connectivity index (χ0v) is 27.5. The molecule has 0 spiro atoms. The first-order chi connectivity index (χ1) is 23.7. The maximum absolute atomic E-state index is 13.6. The van der Waals surface area contributed by atoms with Gasteiger partial charge in [0, 0.05) is 61.9 Å². The number of benzene rings is 4. The Morgan fingerprint density at radius 3 is 2.53 bits per heavy atom. The minimum absolute atomic E-state index is 0.0435. The fourth-order valence-electron chi connectivity index (χ4n) is 4.86. The van der Waals surface area contributed by atoms with Crippen LogP contribution in [0.15, 0.2) is 125 Å². The Kier molecular flexibility index (Phi) is 9.93. The molecule has 0 saturated heterocycles. The monoisotopic (exact) mass is 688 g/mol. The van der Waals surface area contributed by atoms with E-state index in [0.717, 1.165) is 21.4 Å². The van der Waals surface area contributed by atoms with Gasteiger partial charge in [-0.25, -0.2) is 4.98 Å². The lowest BCUT2D eigenvalue weighted by Crippen LogP contribution is -2.30. The Balaban J connectivity index is 1.14. The van der Waals surface area contributed by atoms with E-state index in [1.54, 1.807) is 85.2 Å². The van der Waals surface area contributed by atoms with Gasteiger partial charge in [0.25, 0.3) is 17.5 Å². The van der Waals surface area contributed by atoms with E-state index < -0.39 is 22.0 Å². The van der Waals surface area contributed by atoms with Gasteiger partial charge in [0.05, 0.1) is 15.9 Å². The Morgan fingerprint density at radius 1 is 0.939 bits per heavy atom. The van der Waals surface area contributed by atoms with Gasteiger partial charge in [-0.2, -0.15) is 0 Å². The number of nitro benzene ring substituents is 1. The maximum Gasteiger partial charge on any atom is 0.272 e. The fourth-order valence-corrected chi connectivity index (χ4v) is 6.51. The molecular formula is C36H28N6O5S2. The number of thiazole rings is 1. The van der Waals surface area contributed by atoms with E-state index in [2.05, 4.69) is 25.9 Å². The summed E-state index contributed by atoms with van der Waals surface area (Å²) in [6, 6.07) is 29.5. The second-order valence-corrected chi connectivity index (χ2v) is 13.0. The lowest BCUT2D eigenvalue weighted by Gasteiger charge is -2.13. The van der Waals surface area contributed by atoms with Gasteiger partial charge >= 0.3 is 0 Å². The van der Waals surface area contributed by atoms with Gasteiger partial charge in [-0.1, -0.05) is 54.6 Å². The van der Waals surface area contributed by atoms with Gasteiger partial charge in [0.15, 0.2) is 5.13 Å². The number of aromatic nitrogens is 2. The number of hydrogen-bond donors (Lipinski definition) is 4. The van der Waals surface area contributed by atoms with Crippen molar-refractivity contribution in [3.63, 3.8) is 0 Å². The number of nitro groups is 1. The Morgan fingerprint density at radius 2 is 1.71 bits per heavy atom. The largest absolute Gasteiger partial charge is 0.361 e. The van der Waals surface area contributed by atoms with Crippen LogP contribution in [0.5, 0.6) is 0 Å². The summed E-state index contributed by atoms with van der Waals surface area (Å²) >= 11 is 2.51. The highest BCUT2D eigenvalue weighted by Crippen LogP contribution is 2.30. The van der Waals surface area contributed by atoms with Crippen molar-refractivity contribution >= 4 is 74.3 Å². The first kappa shape index (κ1) is 32.9. The van der Waals surface area contributed by atoms with E-state index in [1.807, 2.05) is 30.3 Å². The zero-order valence-electron chi connectivity index (χ0n) is 25.9. The standard InChI is InChI=1S/C36H28N6O5S2/c1-22(33(43)41-36-40-32(21-48-36)24-11-7-13-27(17-24)42(46)47)49-28-14-8-12-26(19-28)38-35(45)31(39-34(44)23-9-3-2-4-10-23)18-25-20-37-30-16-6-5-15-29(25)30/h2-22,37H,1H3,(H,38,45)(H,39,44)(H,40,41,43)/b31-18-. The van der Waals surface area contributed by atoms with Crippen LogP contribution in [0, 0.1) is 10.1 Å². The minimum Gasteiger partial charge on any atom is -0.361 e. The Labute approximate surface area is 288 Å². The van der Waals surface area contributed by atoms with Crippen molar-refractivity contribution in [2.45, 2.75) is 17.1 Å². The summed E-state index contributed by atoms with van der Waals surface area (Å²) in [4.78, 5) is 58.8. The number of carbonyl (C=O) groups excluding carboxylic acids is 3. The Bertz CT molecular complexity index is 2210. The van der Waals surface area contributed by atoms with E-state index in [1.165, 1.54) is 35.2 Å². The van der Waals surface area contributed by atoms with Crippen LogP contribution in [0.2, 0.25) is 0 Å². The number of fused-ring (bicyclic) bond motifs is 1. The predicted molar refractivity (Wildman–Crippen MR) is 193 cm³/mol. The summed E-state index contributed by atoms with van der Waals surface area (Å²) in [5.74, 6) is -1.24. The normalized spacial score (nSPS) is 11.9. The van der Waals surface area contributed by atoms with Crippen molar-refractivity contribution in [3.8, 4) is 11.3 Å². The number of carbonyl (C=O) groups is 3. The third-order valence-electron chi connectivity index (χ3n) is 7.31. The number of H-pyrrole nitrogens is 1. The third-order valence-corrected chi connectivity index (χ3v) is 9.16. The molecule has 2 heterocycles. The Hall–Kier alpha value is -6.05. The molecule has 1 unspecified atom stereocenters. The lowest BCUT2D eigenvalue weighted by atomic mass is 10.1. The molecule has 11 nitrogen and oxygen atoms in total. The molecule has 244 valence electrons. The molecule has 6 rings (SSSR count). The van der Waals surface area contributed by atoms with Crippen molar-refractivity contribution in [1.82, 2.24) is 15.3 Å². The van der Waals surface area contributed by atoms with Crippen LogP contribution >= 0.6 is 23.1 Å². The van der Waals surface area contributed by atoms with Gasteiger partial charge in [-0.15, -0.1) is 23.1 Å². The van der Waals surface area contributed by atoms with Crippen LogP contribution in [0.4, 0.5) is 16.5 Å². The molecule has 0 aliphatic heterocycles. The van der Waals surface area contributed by atoms with E-state index in [0.29, 0.717) is 27.6 Å². The molecule has 0 aliphatic rings. The van der Waals surface area contributed by atoms with Crippen molar-refractivity contribution in [1.29, 1.82) is 0 Å². The molecule has 0 fully saturated rings. The number of non-ortho nitro benzene ring substituents is 1. The van der Waals surface area contributed by atoms with Gasteiger partial charge in [0.2, 0.25) is 5.91 Å². The number of hydrogen-bond acceptors (Lipinski definition) is 8. The van der Waals surface area contributed by atoms with Crippen LogP contribution in [0.1, 0.15) is 22.8 Å². The molecular weight excluding hydrogens is 661 g/mol. The number of thioether (sulfide) groups is 1. The fraction of sp³-hybridized carbons (Fsp3) is 0.0556. The molecule has 6 aromatic rings. The summed E-state index contributed by atoms with van der Waals surface area (Å²) in [6.07, 6.45) is 3.40. The molecule has 4 aromatic carbocycles. The van der Waals surface area contributed by atoms with Crippen molar-refractivity contribution in [2.24, 2.45) is 0 Å². The molecule has 0 radical (unpaired) electrons. The second-order valence-electron chi connectivity index (χ2n) is 10.7. The van der Waals surface area contributed by atoms with Gasteiger partial charge in [-0.3, -0.25) is 24.5 Å². The van der Waals surface area contributed by atoms with Crippen LogP contribution in [-0.2, 0) is 9.59 Å². The predicted octanol–water partition coefficient (Wildman–Crippen LogP) is 7.73. The molecule has 0 saturated carbocycles. The molecule has 0 aliphatic carbocycles. The molecule has 4 N–H and O–H groups in total. The third kappa shape index (κ3) is 8.09. The number of anilines is 2. The summed E-state index contributed by atoms with van der Waals surface area (Å²) < 4.78 is 0. The number of para-hydroxylation sites is 1. The summed E-state index contributed by atoms with van der Waals surface area (Å²) in [7, 11) is 0. The van der Waals surface area contributed by atoms with Gasteiger partial charge in [0.1, 0.15) is 5.70 Å². The number of nitrogens with one attached hydrogen (secondary N) is 4. The first-order valence-electron chi connectivity index (χ1n) is 15.0. The maximum atomic E-state index is 13.6. The highest BCUT2D eigenvalue weighted by Gasteiger charge is 2.19. The average molecular weight is 689 g/mol. The lowest BCUT2D eigenvalue weighted by molar-refractivity contribution is -0.384. The van der Waals surface area contributed by atoms with E-state index in [4.69, 9.17) is 0 Å². The van der Waals surface area contributed by atoms with Crippen LogP contribution < -0.4 is 16.0 Å². The first-order valence-corrected chi connectivity index (χ1v) is 16.7. The van der Waals surface area contributed by atoms with Crippen LogP contribution in [0.3, 0.4) is 0 Å². The molecule has 0 bridgehead atoms. The van der Waals surface area contributed by atoms with E-state index in [-0.39, 0.29) is 17.3 Å². The average Bonchev–Trinajstić information content (AvgIpc) is 3.75. The van der Waals surface area contributed by atoms with Crippen LogP contribution in [0.25, 0.3) is 28.2 Å². The molecule has 2 aromatic heterocycles. The highest BCUT2D eigenvalue weighted by molar-refractivity contribution is 8.00. The molecule has 13 heteroatoms. The highest BCUT2D eigenvalue weighted by atomic mass is 32.2. The molecule has 49 heavy (non-hydrogen) atoms. The zero-order chi connectivity index (χ0) is 34.3. The molecule has 1 atom stereocenters. The van der Waals surface area contributed by atoms with Crippen molar-refractivity contribution in [2.75, 3.05) is 10.6 Å². The number of aromatic amines is 1. The number of rotatable bonds is 11. The van der Waals surface area contributed by atoms with Gasteiger partial charge in [-0.05, 0) is 49.4 Å². The smallest absolute Gasteiger partial charge is 0.272 e. The SMILES string of the molecule is CC(Sc1cccc(NC(=O)/C(=C/c2c[nH]c3ccccc23)NC(=O)c2ccccc2)c1)C(=O)Nc1nc(-c2cccc([N+](=O)[O-])c2)cs1. The number of nitrogens with zero attached hydrogens (tertiary/aromatic N) is 2. The summed E-state index contributed by atoms with van der Waals surface area (Å²) in [6.45, 7) is 1.75. The van der Waals surface area contributed by atoms with Crippen LogP contribution in [-0.4, -0.2) is 37.9 Å². The molecule has 3 amide bonds. The summed E-state index contributed by atoms with van der Waals surface area (Å²) in [5.41, 5.74) is 3.61. The van der Waals surface area contributed by atoms with Crippen molar-refractivity contribution in [3.05, 3.63) is 142 Å². The second kappa shape index (κ2) is 14.8. The van der Waals surface area contributed by atoms with E-state index in [9.17, 15) is 24.5 Å². The van der Waals surface area contributed by atoms with Crippen molar-refractivity contribution < 1.29 is 19.3 Å². The van der Waals surface area contributed by atoms with Gasteiger partial charge < -0.3 is 20.9 Å². The minimum atomic E-state index is -0.529.